The van der Waals surface area contributed by atoms with Crippen LogP contribution in [0.3, 0.4) is 0 Å². The van der Waals surface area contributed by atoms with Crippen molar-refractivity contribution >= 4 is 17.9 Å². The third-order valence-electron chi connectivity index (χ3n) is 3.38. The predicted octanol–water partition coefficient (Wildman–Crippen LogP) is 0.993. The lowest BCUT2D eigenvalue weighted by Gasteiger charge is -2.23. The molecule has 0 aliphatic rings. The van der Waals surface area contributed by atoms with Gasteiger partial charge in [0.1, 0.15) is 0 Å². The zero-order chi connectivity index (χ0) is 16.5. The van der Waals surface area contributed by atoms with Crippen molar-refractivity contribution in [3.05, 3.63) is 5.82 Å². The quantitative estimate of drug-likeness (QED) is 0.745. The highest BCUT2D eigenvalue weighted by atomic mass is 16.2. The van der Waals surface area contributed by atoms with Crippen molar-refractivity contribution in [3.63, 3.8) is 0 Å². The maximum Gasteiger partial charge on any atom is 0.314 e. The van der Waals surface area contributed by atoms with Crippen LogP contribution in [0.5, 0.6) is 0 Å². The summed E-state index contributed by atoms with van der Waals surface area (Å²) >= 11 is 0. The van der Waals surface area contributed by atoms with E-state index in [4.69, 9.17) is 0 Å². The number of aromatic nitrogens is 3. The number of nitrogens with zero attached hydrogens (tertiary/aromatic N) is 5. The summed E-state index contributed by atoms with van der Waals surface area (Å²) in [7, 11) is 1.57. The highest BCUT2D eigenvalue weighted by Crippen LogP contribution is 2.14. The molecule has 0 bridgehead atoms. The second kappa shape index (κ2) is 9.01. The molecule has 1 aromatic rings. The minimum atomic E-state index is -0.255. The maximum atomic E-state index is 11.3. The first-order chi connectivity index (χ1) is 10.6. The average Bonchev–Trinajstić information content (AvgIpc) is 2.55. The summed E-state index contributed by atoms with van der Waals surface area (Å²) in [6.45, 7) is 11.8. The van der Waals surface area contributed by atoms with E-state index in [0.717, 1.165) is 26.2 Å². The van der Waals surface area contributed by atoms with Crippen LogP contribution in [0.4, 0.5) is 16.7 Å². The van der Waals surface area contributed by atoms with E-state index in [1.165, 1.54) is 0 Å². The van der Waals surface area contributed by atoms with Crippen molar-refractivity contribution in [2.24, 2.45) is 0 Å². The minimum Gasteiger partial charge on any atom is -0.341 e. The minimum absolute atomic E-state index is 0.255. The van der Waals surface area contributed by atoms with Gasteiger partial charge in [0, 0.05) is 33.2 Å². The number of amides is 2. The lowest BCUT2D eigenvalue weighted by Crippen LogP contribution is -2.34. The predicted molar refractivity (Wildman–Crippen MR) is 88.2 cm³/mol. The summed E-state index contributed by atoms with van der Waals surface area (Å²) in [5, 5.41) is 5.23. The van der Waals surface area contributed by atoms with Crippen LogP contribution in [0.2, 0.25) is 0 Å². The number of carbonyl (C=O) groups excluding carboxylic acids is 1. The Balaban J connectivity index is 3.10. The lowest BCUT2D eigenvalue weighted by molar-refractivity contribution is 0.242. The summed E-state index contributed by atoms with van der Waals surface area (Å²) in [5.74, 6) is 1.86. The van der Waals surface area contributed by atoms with E-state index in [1.54, 1.807) is 7.05 Å². The van der Waals surface area contributed by atoms with Gasteiger partial charge in [-0.25, -0.2) is 4.79 Å². The van der Waals surface area contributed by atoms with Crippen LogP contribution in [-0.2, 0) is 6.54 Å². The molecule has 8 heteroatoms. The summed E-state index contributed by atoms with van der Waals surface area (Å²) in [6.07, 6.45) is 0. The topological polar surface area (TPSA) is 86.3 Å². The van der Waals surface area contributed by atoms with Crippen LogP contribution < -0.4 is 20.4 Å². The summed E-state index contributed by atoms with van der Waals surface area (Å²) in [4.78, 5) is 29.0. The number of urea groups is 1. The SMILES string of the molecule is CCN(CC)c1nc(CNC(=O)NC)nc(N(CC)CC)n1. The Bertz CT molecular complexity index is 442. The lowest BCUT2D eigenvalue weighted by atomic mass is 10.5. The number of nitrogens with one attached hydrogen (secondary N) is 2. The molecule has 0 aromatic carbocycles. The molecule has 0 fully saturated rings. The standard InChI is InChI=1S/C14H27N7O/c1-6-20(7-2)12-17-11(10-16-14(22)15-5)18-13(19-12)21(8-3)9-4/h6-10H2,1-5H3,(H2,15,16,22). The van der Waals surface area contributed by atoms with Crippen molar-refractivity contribution in [2.75, 3.05) is 43.0 Å². The zero-order valence-electron chi connectivity index (χ0n) is 14.2. The molecule has 1 heterocycles. The van der Waals surface area contributed by atoms with Crippen LogP contribution in [0.1, 0.15) is 33.5 Å². The van der Waals surface area contributed by atoms with Gasteiger partial charge in [-0.15, -0.1) is 0 Å². The van der Waals surface area contributed by atoms with Gasteiger partial charge in [-0.05, 0) is 27.7 Å². The summed E-state index contributed by atoms with van der Waals surface area (Å²) in [6, 6.07) is -0.255. The Morgan fingerprint density at radius 3 is 1.73 bits per heavy atom. The molecule has 1 rings (SSSR count). The molecule has 8 nitrogen and oxygen atoms in total. The second-order valence-electron chi connectivity index (χ2n) is 4.63. The van der Waals surface area contributed by atoms with E-state index >= 15 is 0 Å². The molecule has 0 saturated heterocycles. The maximum absolute atomic E-state index is 11.3. The third-order valence-corrected chi connectivity index (χ3v) is 3.38. The Kier molecular flexibility index (Phi) is 7.34. The molecule has 0 aliphatic carbocycles. The fourth-order valence-electron chi connectivity index (χ4n) is 2.02. The molecular formula is C14H27N7O. The fourth-order valence-corrected chi connectivity index (χ4v) is 2.02. The van der Waals surface area contributed by atoms with Gasteiger partial charge in [0.15, 0.2) is 5.82 Å². The van der Waals surface area contributed by atoms with Gasteiger partial charge < -0.3 is 20.4 Å². The highest BCUT2D eigenvalue weighted by molar-refractivity contribution is 5.73. The number of rotatable bonds is 8. The first-order valence-electron chi connectivity index (χ1n) is 7.79. The van der Waals surface area contributed by atoms with Crippen molar-refractivity contribution in [2.45, 2.75) is 34.2 Å². The Morgan fingerprint density at radius 2 is 1.36 bits per heavy atom. The van der Waals surface area contributed by atoms with Crippen LogP contribution >= 0.6 is 0 Å². The molecule has 22 heavy (non-hydrogen) atoms. The fraction of sp³-hybridized carbons (Fsp3) is 0.714. The summed E-state index contributed by atoms with van der Waals surface area (Å²) in [5.41, 5.74) is 0. The van der Waals surface area contributed by atoms with Crippen LogP contribution in [0.25, 0.3) is 0 Å². The van der Waals surface area contributed by atoms with Gasteiger partial charge >= 0.3 is 6.03 Å². The van der Waals surface area contributed by atoms with Gasteiger partial charge in [-0.3, -0.25) is 0 Å². The number of hydrogen-bond acceptors (Lipinski definition) is 6. The Morgan fingerprint density at radius 1 is 0.909 bits per heavy atom. The van der Waals surface area contributed by atoms with Crippen LogP contribution in [0, 0.1) is 0 Å². The van der Waals surface area contributed by atoms with Crippen molar-refractivity contribution in [3.8, 4) is 0 Å². The Labute approximate surface area is 132 Å². The monoisotopic (exact) mass is 309 g/mol. The van der Waals surface area contributed by atoms with Crippen LogP contribution in [-0.4, -0.2) is 54.2 Å². The highest BCUT2D eigenvalue weighted by Gasteiger charge is 2.14. The molecule has 0 saturated carbocycles. The van der Waals surface area contributed by atoms with Gasteiger partial charge in [0.05, 0.1) is 6.54 Å². The smallest absolute Gasteiger partial charge is 0.314 e. The molecule has 0 spiro atoms. The van der Waals surface area contributed by atoms with Crippen LogP contribution in [0.15, 0.2) is 0 Å². The van der Waals surface area contributed by atoms with E-state index in [-0.39, 0.29) is 12.6 Å². The van der Waals surface area contributed by atoms with E-state index in [2.05, 4.69) is 63.1 Å². The first kappa shape index (κ1) is 17.9. The molecule has 0 aliphatic heterocycles. The Hall–Kier alpha value is -2.12. The van der Waals surface area contributed by atoms with Crippen molar-refractivity contribution in [1.82, 2.24) is 25.6 Å². The molecule has 2 amide bonds. The number of carbonyl (C=O) groups is 1. The largest absolute Gasteiger partial charge is 0.341 e. The van der Waals surface area contributed by atoms with E-state index in [1.807, 2.05) is 0 Å². The number of anilines is 2. The van der Waals surface area contributed by atoms with Gasteiger partial charge in [0.2, 0.25) is 11.9 Å². The van der Waals surface area contributed by atoms with E-state index in [9.17, 15) is 4.79 Å². The van der Waals surface area contributed by atoms with Gasteiger partial charge in [0.25, 0.3) is 0 Å². The zero-order valence-corrected chi connectivity index (χ0v) is 14.2. The molecule has 1 aromatic heterocycles. The molecule has 0 atom stereocenters. The van der Waals surface area contributed by atoms with Gasteiger partial charge in [-0.2, -0.15) is 15.0 Å². The molecular weight excluding hydrogens is 282 g/mol. The second-order valence-corrected chi connectivity index (χ2v) is 4.63. The van der Waals surface area contributed by atoms with E-state index < -0.39 is 0 Å². The van der Waals surface area contributed by atoms with E-state index in [0.29, 0.717) is 17.7 Å². The molecule has 2 N–H and O–H groups in total. The molecule has 124 valence electrons. The first-order valence-corrected chi connectivity index (χ1v) is 7.79. The normalized spacial score (nSPS) is 10.2. The van der Waals surface area contributed by atoms with Gasteiger partial charge in [-0.1, -0.05) is 0 Å². The van der Waals surface area contributed by atoms with Crippen molar-refractivity contribution < 1.29 is 4.79 Å². The van der Waals surface area contributed by atoms with Crippen molar-refractivity contribution in [1.29, 1.82) is 0 Å². The third kappa shape index (κ3) is 4.71. The summed E-state index contributed by atoms with van der Waals surface area (Å²) < 4.78 is 0. The number of hydrogen-bond donors (Lipinski definition) is 2. The average molecular weight is 309 g/mol. The molecule has 0 unspecified atom stereocenters. The molecule has 0 radical (unpaired) electrons.